The van der Waals surface area contributed by atoms with Crippen LogP contribution in [0.3, 0.4) is 0 Å². The smallest absolute Gasteiger partial charge is 0.383 e. The van der Waals surface area contributed by atoms with Gasteiger partial charge in [0.1, 0.15) is 0 Å². The van der Waals surface area contributed by atoms with Gasteiger partial charge in [0, 0.05) is 13.2 Å². The topological polar surface area (TPSA) is 55.4 Å². The van der Waals surface area contributed by atoms with E-state index < -0.39 is 37.7 Å². The molecule has 1 atom stereocenters. The van der Waals surface area contributed by atoms with Gasteiger partial charge in [-0.2, -0.15) is 13.2 Å². The summed E-state index contributed by atoms with van der Waals surface area (Å²) in [6, 6.07) is 1.85. The third-order valence-electron chi connectivity index (χ3n) is 2.33. The Balaban J connectivity index is 3.14. The van der Waals surface area contributed by atoms with Crippen molar-refractivity contribution in [3.05, 3.63) is 28.8 Å². The van der Waals surface area contributed by atoms with E-state index >= 15 is 0 Å². The lowest BCUT2D eigenvalue weighted by atomic mass is 10.2. The lowest BCUT2D eigenvalue weighted by Crippen LogP contribution is -2.35. The number of benzene rings is 1. The predicted molar refractivity (Wildman–Crippen MR) is 68.1 cm³/mol. The van der Waals surface area contributed by atoms with Crippen molar-refractivity contribution in [1.82, 2.24) is 4.72 Å². The molecule has 4 nitrogen and oxygen atoms in total. The van der Waals surface area contributed by atoms with Gasteiger partial charge in [-0.25, -0.2) is 13.1 Å². The minimum absolute atomic E-state index is 0.0962. The number of methoxy groups -OCH3 is 1. The van der Waals surface area contributed by atoms with Crippen molar-refractivity contribution < 1.29 is 26.3 Å². The molecule has 1 aromatic rings. The summed E-state index contributed by atoms with van der Waals surface area (Å²) < 4.78 is 68.9. The highest BCUT2D eigenvalue weighted by molar-refractivity contribution is 7.89. The maximum atomic E-state index is 12.7. The Labute approximate surface area is 119 Å². The first-order valence-corrected chi connectivity index (χ1v) is 7.32. The average molecular weight is 332 g/mol. The van der Waals surface area contributed by atoms with Gasteiger partial charge in [0.15, 0.2) is 0 Å². The van der Waals surface area contributed by atoms with Crippen molar-refractivity contribution in [2.24, 2.45) is 0 Å². The van der Waals surface area contributed by atoms with Crippen LogP contribution in [0, 0.1) is 0 Å². The van der Waals surface area contributed by atoms with Gasteiger partial charge in [-0.3, -0.25) is 0 Å². The molecule has 1 unspecified atom stereocenters. The maximum absolute atomic E-state index is 12.7. The van der Waals surface area contributed by atoms with Gasteiger partial charge in [-0.1, -0.05) is 11.6 Å². The lowest BCUT2D eigenvalue weighted by Gasteiger charge is -2.15. The summed E-state index contributed by atoms with van der Waals surface area (Å²) >= 11 is 5.43. The quantitative estimate of drug-likeness (QED) is 0.902. The van der Waals surface area contributed by atoms with Crippen molar-refractivity contribution >= 4 is 21.6 Å². The Morgan fingerprint density at radius 3 is 2.50 bits per heavy atom. The summed E-state index contributed by atoms with van der Waals surface area (Å²) in [5.74, 6) is 0. The Morgan fingerprint density at radius 2 is 2.00 bits per heavy atom. The minimum atomic E-state index is -4.72. The highest BCUT2D eigenvalue weighted by Gasteiger charge is 2.34. The Kier molecular flexibility index (Phi) is 5.42. The normalized spacial score (nSPS) is 14.3. The number of halogens is 4. The van der Waals surface area contributed by atoms with Gasteiger partial charge in [-0.15, -0.1) is 0 Å². The summed E-state index contributed by atoms with van der Waals surface area (Å²) in [5, 5.41) is -0.554. The maximum Gasteiger partial charge on any atom is 0.417 e. The molecule has 0 bridgehead atoms. The number of sulfonamides is 1. The first-order valence-electron chi connectivity index (χ1n) is 5.46. The molecule has 114 valence electrons. The fourth-order valence-electron chi connectivity index (χ4n) is 1.51. The van der Waals surface area contributed by atoms with E-state index in [0.717, 1.165) is 12.1 Å². The van der Waals surface area contributed by atoms with Crippen LogP contribution in [-0.2, 0) is 20.9 Å². The third kappa shape index (κ3) is 4.34. The van der Waals surface area contributed by atoms with Crippen LogP contribution >= 0.6 is 11.6 Å². The molecule has 0 fully saturated rings. The molecule has 1 rings (SSSR count). The summed E-state index contributed by atoms with van der Waals surface area (Å²) in [6.45, 7) is 1.63. The highest BCUT2D eigenvalue weighted by atomic mass is 35.5. The van der Waals surface area contributed by atoms with E-state index in [0.29, 0.717) is 6.07 Å². The van der Waals surface area contributed by atoms with Gasteiger partial charge in [0.2, 0.25) is 10.0 Å². The van der Waals surface area contributed by atoms with Crippen LogP contribution in [0.2, 0.25) is 5.02 Å². The summed E-state index contributed by atoms with van der Waals surface area (Å²) in [7, 11) is -2.69. The van der Waals surface area contributed by atoms with Crippen LogP contribution in [0.4, 0.5) is 13.2 Å². The molecular formula is C11H13ClF3NO3S. The van der Waals surface area contributed by atoms with Crippen molar-refractivity contribution in [2.45, 2.75) is 24.0 Å². The SMILES string of the molecule is COCC(C)NS(=O)(=O)c1ccc(Cl)c(C(F)(F)F)c1. The van der Waals surface area contributed by atoms with Crippen molar-refractivity contribution in [3.8, 4) is 0 Å². The van der Waals surface area contributed by atoms with E-state index in [1.54, 1.807) is 0 Å². The second-order valence-electron chi connectivity index (χ2n) is 4.12. The van der Waals surface area contributed by atoms with Crippen molar-refractivity contribution in [1.29, 1.82) is 0 Å². The molecule has 0 radical (unpaired) electrons. The molecule has 0 amide bonds. The van der Waals surface area contributed by atoms with E-state index in [1.807, 2.05) is 0 Å². The van der Waals surface area contributed by atoms with Gasteiger partial charge in [-0.05, 0) is 25.1 Å². The molecule has 0 spiro atoms. The Morgan fingerprint density at radius 1 is 1.40 bits per heavy atom. The molecule has 20 heavy (non-hydrogen) atoms. The van der Waals surface area contributed by atoms with E-state index in [1.165, 1.54) is 14.0 Å². The van der Waals surface area contributed by atoms with Crippen molar-refractivity contribution in [3.63, 3.8) is 0 Å². The van der Waals surface area contributed by atoms with Crippen LogP contribution in [0.5, 0.6) is 0 Å². The lowest BCUT2D eigenvalue weighted by molar-refractivity contribution is -0.137. The summed E-state index contributed by atoms with van der Waals surface area (Å²) in [4.78, 5) is -0.503. The summed E-state index contributed by atoms with van der Waals surface area (Å²) in [6.07, 6.45) is -4.72. The van der Waals surface area contributed by atoms with Gasteiger partial charge < -0.3 is 4.74 Å². The Hall–Kier alpha value is -0.830. The van der Waals surface area contributed by atoms with E-state index in [9.17, 15) is 21.6 Å². The largest absolute Gasteiger partial charge is 0.417 e. The molecule has 0 aliphatic carbocycles. The molecule has 1 N–H and O–H groups in total. The number of ether oxygens (including phenoxy) is 1. The molecule has 9 heteroatoms. The number of hydrogen-bond acceptors (Lipinski definition) is 3. The monoisotopic (exact) mass is 331 g/mol. The number of hydrogen-bond donors (Lipinski definition) is 1. The second kappa shape index (κ2) is 6.30. The molecule has 0 saturated heterocycles. The average Bonchev–Trinajstić information content (AvgIpc) is 2.27. The number of alkyl halides is 3. The molecule has 0 aromatic heterocycles. The molecule has 0 saturated carbocycles. The Bertz CT molecular complexity index is 575. The fraction of sp³-hybridized carbons (Fsp3) is 0.455. The standard InChI is InChI=1S/C11H13ClF3NO3S/c1-7(6-19-2)16-20(17,18)8-3-4-10(12)9(5-8)11(13,14)15/h3-5,7,16H,6H2,1-2H3. The van der Waals surface area contributed by atoms with Crippen LogP contribution in [0.15, 0.2) is 23.1 Å². The zero-order valence-corrected chi connectivity index (χ0v) is 12.2. The third-order valence-corrected chi connectivity index (χ3v) is 4.24. The molecule has 0 heterocycles. The van der Waals surface area contributed by atoms with Gasteiger partial charge in [0.25, 0.3) is 0 Å². The van der Waals surface area contributed by atoms with E-state index in [-0.39, 0.29) is 6.61 Å². The van der Waals surface area contributed by atoms with Crippen LogP contribution in [0.1, 0.15) is 12.5 Å². The van der Waals surface area contributed by atoms with Crippen LogP contribution < -0.4 is 4.72 Å². The zero-order valence-electron chi connectivity index (χ0n) is 10.7. The van der Waals surface area contributed by atoms with Gasteiger partial charge in [0.05, 0.1) is 22.1 Å². The van der Waals surface area contributed by atoms with Gasteiger partial charge >= 0.3 is 6.18 Å². The summed E-state index contributed by atoms with van der Waals surface area (Å²) in [5.41, 5.74) is -1.19. The van der Waals surface area contributed by atoms with E-state index in [2.05, 4.69) is 4.72 Å². The highest BCUT2D eigenvalue weighted by Crippen LogP contribution is 2.35. The van der Waals surface area contributed by atoms with Crippen LogP contribution in [-0.4, -0.2) is 28.2 Å². The first kappa shape index (κ1) is 17.2. The van der Waals surface area contributed by atoms with Crippen LogP contribution in [0.25, 0.3) is 0 Å². The molecule has 0 aliphatic rings. The molecule has 0 aliphatic heterocycles. The number of nitrogens with one attached hydrogen (secondary N) is 1. The zero-order chi connectivity index (χ0) is 15.6. The first-order chi connectivity index (χ1) is 9.08. The predicted octanol–water partition coefficient (Wildman–Crippen LogP) is 2.67. The fourth-order valence-corrected chi connectivity index (χ4v) is 2.98. The minimum Gasteiger partial charge on any atom is -0.383 e. The second-order valence-corrected chi connectivity index (χ2v) is 6.24. The molecular weight excluding hydrogens is 319 g/mol. The van der Waals surface area contributed by atoms with Crippen molar-refractivity contribution in [2.75, 3.05) is 13.7 Å². The van der Waals surface area contributed by atoms with E-state index in [4.69, 9.17) is 16.3 Å². The number of rotatable bonds is 5. The molecule has 1 aromatic carbocycles.